The molecule has 0 saturated carbocycles. The van der Waals surface area contributed by atoms with Crippen LogP contribution in [0.1, 0.15) is 23.7 Å². The van der Waals surface area contributed by atoms with Crippen LogP contribution in [0.25, 0.3) is 0 Å². The van der Waals surface area contributed by atoms with Crippen LogP contribution in [0, 0.1) is 0 Å². The fourth-order valence-electron chi connectivity index (χ4n) is 2.55. The maximum absolute atomic E-state index is 12.7. The number of hydrogen-bond donors (Lipinski definition) is 1. The van der Waals surface area contributed by atoms with Crippen LogP contribution in [0.5, 0.6) is 0 Å². The molecule has 0 saturated heterocycles. The lowest BCUT2D eigenvalue weighted by Gasteiger charge is -2.13. The summed E-state index contributed by atoms with van der Waals surface area (Å²) in [5.41, 5.74) is -0.257. The predicted molar refractivity (Wildman–Crippen MR) is 114 cm³/mol. The number of thioether (sulfide) groups is 2. The minimum atomic E-state index is -4.38. The van der Waals surface area contributed by atoms with Crippen LogP contribution in [-0.4, -0.2) is 5.11 Å². The number of halogens is 3. The molecule has 0 amide bonds. The number of alkyl halides is 3. The molecule has 150 valence electrons. The first-order valence-electron chi connectivity index (χ1n) is 8.93. The third kappa shape index (κ3) is 6.70. The molecule has 0 aliphatic rings. The van der Waals surface area contributed by atoms with Gasteiger partial charge >= 0.3 is 6.18 Å². The molecule has 0 radical (unpaired) electrons. The second-order valence-electron chi connectivity index (χ2n) is 6.22. The van der Waals surface area contributed by atoms with E-state index in [0.29, 0.717) is 12.0 Å². The zero-order valence-electron chi connectivity index (χ0n) is 15.3. The van der Waals surface area contributed by atoms with Crippen LogP contribution in [-0.2, 0) is 6.18 Å². The third-order valence-electron chi connectivity index (χ3n) is 4.05. The first kappa shape index (κ1) is 21.6. The summed E-state index contributed by atoms with van der Waals surface area (Å²) in [7, 11) is 0. The Balaban J connectivity index is 1.74. The zero-order valence-corrected chi connectivity index (χ0v) is 17.0. The van der Waals surface area contributed by atoms with Gasteiger partial charge in [-0.05, 0) is 48.4 Å². The van der Waals surface area contributed by atoms with Crippen LogP contribution in [0.3, 0.4) is 0 Å². The molecule has 0 aliphatic carbocycles. The maximum atomic E-state index is 12.7. The predicted octanol–water partition coefficient (Wildman–Crippen LogP) is 7.55. The first-order chi connectivity index (χ1) is 13.9. The van der Waals surface area contributed by atoms with E-state index in [2.05, 4.69) is 0 Å². The van der Waals surface area contributed by atoms with Crippen molar-refractivity contribution in [2.75, 3.05) is 0 Å². The van der Waals surface area contributed by atoms with Crippen molar-refractivity contribution in [2.24, 2.45) is 0 Å². The Bertz CT molecular complexity index is 880. The SMILES string of the molecule is O[C@H](CC=C(Sc1ccccc1)Sc1ccccc1)c1ccc(C(F)(F)F)cc1. The summed E-state index contributed by atoms with van der Waals surface area (Å²) in [4.78, 5) is 2.15. The minimum Gasteiger partial charge on any atom is -0.388 e. The van der Waals surface area contributed by atoms with Crippen molar-refractivity contribution in [1.82, 2.24) is 0 Å². The monoisotopic (exact) mass is 432 g/mol. The van der Waals surface area contributed by atoms with Gasteiger partial charge in [0.25, 0.3) is 0 Å². The average Bonchev–Trinajstić information content (AvgIpc) is 2.73. The fraction of sp³-hybridized carbons (Fsp3) is 0.130. The van der Waals surface area contributed by atoms with Gasteiger partial charge in [0.2, 0.25) is 0 Å². The van der Waals surface area contributed by atoms with E-state index in [1.165, 1.54) is 12.1 Å². The normalized spacial score (nSPS) is 12.4. The number of rotatable bonds is 7. The molecule has 0 unspecified atom stereocenters. The maximum Gasteiger partial charge on any atom is 0.416 e. The fourth-order valence-corrected chi connectivity index (χ4v) is 4.71. The Morgan fingerprint density at radius 1 is 0.793 bits per heavy atom. The molecule has 0 aromatic heterocycles. The Kier molecular flexibility index (Phi) is 7.47. The van der Waals surface area contributed by atoms with Gasteiger partial charge in [0.05, 0.1) is 11.7 Å². The van der Waals surface area contributed by atoms with E-state index in [9.17, 15) is 18.3 Å². The number of aliphatic hydroxyl groups excluding tert-OH is 1. The number of aliphatic hydroxyl groups is 1. The lowest BCUT2D eigenvalue weighted by molar-refractivity contribution is -0.137. The minimum absolute atomic E-state index is 0.306. The number of hydrogen-bond acceptors (Lipinski definition) is 3. The second kappa shape index (κ2) is 10.1. The summed E-state index contributed by atoms with van der Waals surface area (Å²) in [5.74, 6) is 0. The van der Waals surface area contributed by atoms with Crippen molar-refractivity contribution in [2.45, 2.75) is 28.5 Å². The average molecular weight is 433 g/mol. The lowest BCUT2D eigenvalue weighted by atomic mass is 10.0. The van der Waals surface area contributed by atoms with E-state index in [1.807, 2.05) is 66.7 Å². The van der Waals surface area contributed by atoms with Gasteiger partial charge < -0.3 is 5.11 Å². The molecule has 0 heterocycles. The Labute approximate surface area is 176 Å². The van der Waals surface area contributed by atoms with E-state index in [1.54, 1.807) is 23.5 Å². The molecule has 3 rings (SSSR count). The smallest absolute Gasteiger partial charge is 0.388 e. The molecule has 1 N–H and O–H groups in total. The van der Waals surface area contributed by atoms with E-state index >= 15 is 0 Å². The van der Waals surface area contributed by atoms with Crippen LogP contribution in [0.4, 0.5) is 13.2 Å². The molecule has 0 spiro atoms. The highest BCUT2D eigenvalue weighted by Crippen LogP contribution is 2.40. The van der Waals surface area contributed by atoms with Gasteiger partial charge in [-0.25, -0.2) is 0 Å². The Hall–Kier alpha value is -2.15. The molecule has 0 bridgehead atoms. The topological polar surface area (TPSA) is 20.2 Å². The van der Waals surface area contributed by atoms with Crippen molar-refractivity contribution in [3.63, 3.8) is 0 Å². The second-order valence-corrected chi connectivity index (χ2v) is 8.71. The van der Waals surface area contributed by atoms with E-state index in [4.69, 9.17) is 0 Å². The summed E-state index contributed by atoms with van der Waals surface area (Å²) in [6.45, 7) is 0. The first-order valence-corrected chi connectivity index (χ1v) is 10.6. The van der Waals surface area contributed by atoms with Crippen molar-refractivity contribution >= 4 is 23.5 Å². The molecule has 1 nitrogen and oxygen atoms in total. The summed E-state index contributed by atoms with van der Waals surface area (Å²) >= 11 is 3.18. The van der Waals surface area contributed by atoms with E-state index < -0.39 is 17.8 Å². The van der Waals surface area contributed by atoms with Crippen molar-refractivity contribution in [1.29, 1.82) is 0 Å². The molecule has 3 aromatic rings. The van der Waals surface area contributed by atoms with Crippen molar-refractivity contribution in [3.8, 4) is 0 Å². The lowest BCUT2D eigenvalue weighted by Crippen LogP contribution is -2.05. The van der Waals surface area contributed by atoms with Crippen molar-refractivity contribution in [3.05, 3.63) is 106 Å². The van der Waals surface area contributed by atoms with Gasteiger partial charge in [-0.1, -0.05) is 78.1 Å². The van der Waals surface area contributed by atoms with Crippen LogP contribution in [0.2, 0.25) is 0 Å². The van der Waals surface area contributed by atoms with Gasteiger partial charge in [0.15, 0.2) is 0 Å². The van der Waals surface area contributed by atoms with Gasteiger partial charge in [-0.15, -0.1) is 0 Å². The van der Waals surface area contributed by atoms with Gasteiger partial charge in [0.1, 0.15) is 0 Å². The van der Waals surface area contributed by atoms with E-state index in [0.717, 1.165) is 26.2 Å². The third-order valence-corrected chi connectivity index (χ3v) is 6.31. The molecule has 1 atom stereocenters. The molecular formula is C23H19F3OS2. The van der Waals surface area contributed by atoms with Gasteiger partial charge in [-0.3, -0.25) is 0 Å². The zero-order chi connectivity index (χ0) is 20.7. The summed E-state index contributed by atoms with van der Waals surface area (Å²) in [6, 6.07) is 24.5. The standard InChI is InChI=1S/C23H19F3OS2/c24-23(25,26)18-13-11-17(12-14-18)21(27)15-16-22(28-19-7-3-1-4-8-19)29-20-9-5-2-6-10-20/h1-14,16,21,27H,15H2/t21-/m1/s1. The molecule has 3 aromatic carbocycles. The van der Waals surface area contributed by atoms with Crippen LogP contribution in [0.15, 0.2) is 105 Å². The van der Waals surface area contributed by atoms with Crippen molar-refractivity contribution < 1.29 is 18.3 Å². The number of benzene rings is 3. The highest BCUT2D eigenvalue weighted by Gasteiger charge is 2.30. The molecule has 29 heavy (non-hydrogen) atoms. The highest BCUT2D eigenvalue weighted by atomic mass is 32.2. The largest absolute Gasteiger partial charge is 0.416 e. The molecule has 0 fully saturated rings. The van der Waals surface area contributed by atoms with E-state index in [-0.39, 0.29) is 0 Å². The summed E-state index contributed by atoms with van der Waals surface area (Å²) in [6.07, 6.45) is -3.02. The van der Waals surface area contributed by atoms with Crippen LogP contribution >= 0.6 is 23.5 Å². The molecule has 0 aliphatic heterocycles. The summed E-state index contributed by atoms with van der Waals surface area (Å²) < 4.78 is 39.1. The molecule has 6 heteroatoms. The van der Waals surface area contributed by atoms with Gasteiger partial charge in [0, 0.05) is 14.0 Å². The highest BCUT2D eigenvalue weighted by molar-refractivity contribution is 8.22. The molecular weight excluding hydrogens is 413 g/mol. The Morgan fingerprint density at radius 3 is 1.72 bits per heavy atom. The van der Waals surface area contributed by atoms with Gasteiger partial charge in [-0.2, -0.15) is 13.2 Å². The summed E-state index contributed by atoms with van der Waals surface area (Å²) in [5, 5.41) is 10.5. The van der Waals surface area contributed by atoms with Crippen LogP contribution < -0.4 is 0 Å². The quantitative estimate of drug-likeness (QED) is 0.389. The Morgan fingerprint density at radius 2 is 1.28 bits per heavy atom.